The number of likely N-dealkylation sites (N-methyl/N-ethyl adjacent to an activating group) is 2. The van der Waals surface area contributed by atoms with E-state index in [1.165, 1.54) is 124 Å². The van der Waals surface area contributed by atoms with Gasteiger partial charge in [0.25, 0.3) is 11.8 Å². The molecule has 6 aliphatic carbocycles. The summed E-state index contributed by atoms with van der Waals surface area (Å²) in [5.41, 5.74) is 6.01. The molecule has 6 N–H and O–H groups in total. The summed E-state index contributed by atoms with van der Waals surface area (Å²) in [7, 11) is 5.86. The predicted molar refractivity (Wildman–Crippen MR) is 417 cm³/mol. The lowest BCUT2D eigenvalue weighted by Gasteiger charge is -2.58. The lowest BCUT2D eigenvalue weighted by atomic mass is 9.61. The maximum absolute atomic E-state index is 14.4. The molecule has 4 unspecified atom stereocenters. The monoisotopic (exact) mass is 1460 g/mol. The summed E-state index contributed by atoms with van der Waals surface area (Å²) < 4.78 is 112. The Morgan fingerprint density at radius 3 is 1.02 bits per heavy atom. The third kappa shape index (κ3) is 16.8. The van der Waals surface area contributed by atoms with E-state index in [2.05, 4.69) is 136 Å². The van der Waals surface area contributed by atoms with Gasteiger partial charge in [-0.1, -0.05) is 226 Å². The van der Waals surface area contributed by atoms with Gasteiger partial charge in [0.1, 0.15) is 28.5 Å². The molecule has 105 heavy (non-hydrogen) atoms. The second kappa shape index (κ2) is 36.8. The molecule has 10 atom stereocenters. The molecular weight excluding hydrogens is 1330 g/mol. The minimum Gasteiger partial charge on any atom is -0.373 e. The zero-order chi connectivity index (χ0) is 75.6. The van der Waals surface area contributed by atoms with E-state index in [4.69, 9.17) is 9.47 Å². The van der Waals surface area contributed by atoms with Gasteiger partial charge in [-0.15, -0.1) is 0 Å². The Hall–Kier alpha value is -5.49. The first-order valence-electron chi connectivity index (χ1n) is 40.2. The number of hydrogen-bond acceptors (Lipinski definition) is 8. The summed E-state index contributed by atoms with van der Waals surface area (Å²) >= 11 is 0. The molecule has 578 valence electrons. The molecule has 0 radical (unpaired) electrons. The Morgan fingerprint density at radius 2 is 0.638 bits per heavy atom. The maximum atomic E-state index is 14.4. The summed E-state index contributed by atoms with van der Waals surface area (Å²) in [6, 6.07) is 45.3. The van der Waals surface area contributed by atoms with Gasteiger partial charge in [0.05, 0.1) is 35.5 Å². The van der Waals surface area contributed by atoms with E-state index in [0.29, 0.717) is 38.1 Å². The molecule has 8 nitrogen and oxygen atoms in total. The molecule has 8 fully saturated rings. The van der Waals surface area contributed by atoms with Crippen molar-refractivity contribution in [3.05, 3.63) is 213 Å². The molecule has 0 amide bonds. The first kappa shape index (κ1) is 83.5. The van der Waals surface area contributed by atoms with Crippen LogP contribution in [0.4, 0.5) is 30.7 Å². The summed E-state index contributed by atoms with van der Waals surface area (Å²) in [5.74, 6) is -5.10. The lowest BCUT2D eigenvalue weighted by Crippen LogP contribution is -2.67. The van der Waals surface area contributed by atoms with Gasteiger partial charge in [-0.05, 0) is 202 Å². The molecule has 8 aliphatic rings. The van der Waals surface area contributed by atoms with E-state index < -0.39 is 28.7 Å². The third-order valence-electron chi connectivity index (χ3n) is 26.1. The van der Waals surface area contributed by atoms with Crippen molar-refractivity contribution in [2.45, 2.75) is 279 Å². The number of alkyl halides is 4. The van der Waals surface area contributed by atoms with E-state index in [0.717, 1.165) is 93.0 Å². The highest BCUT2D eigenvalue weighted by atomic mass is 19.3. The van der Waals surface area contributed by atoms with Crippen molar-refractivity contribution < 1.29 is 40.2 Å². The first-order chi connectivity index (χ1) is 50.5. The van der Waals surface area contributed by atoms with Gasteiger partial charge in [0.15, 0.2) is 0 Å². The lowest BCUT2D eigenvalue weighted by molar-refractivity contribution is -0.219. The predicted octanol–water partition coefficient (Wildman–Crippen LogP) is 21.4. The number of nitrogens with one attached hydrogen (secondary N) is 6. The number of halogens is 7. The zero-order valence-corrected chi connectivity index (χ0v) is 65.4. The molecule has 0 bridgehead atoms. The molecule has 6 aromatic rings. The SMILES string of the molecule is CCN[C@@]1(c2ccccc2F)CCCCC1(F)F.CCN[C@@]1(c2ccccc2F)CCCCC12CCO2.CCN[C@@]1(c2ccccc2F)CCCCC1C.CN[C@@]1(c2ccccc2C)CCCCC1(F)F.CN[C@@]1(c2ccccc2C)CCCCC12CCO2.CN[C@@]1(c2ccccc2C)CCCCC1C. The number of benzene rings is 6. The molecule has 2 spiro atoms. The molecule has 6 saturated carbocycles. The Kier molecular flexibility index (Phi) is 29.3. The largest absolute Gasteiger partial charge is 0.373 e. The topological polar surface area (TPSA) is 90.6 Å². The van der Waals surface area contributed by atoms with E-state index in [9.17, 15) is 30.7 Å². The Balaban J connectivity index is 0.000000146. The molecular formula is C90H127F7N6O2. The zero-order valence-electron chi connectivity index (χ0n) is 65.4. The van der Waals surface area contributed by atoms with Gasteiger partial charge >= 0.3 is 0 Å². The standard InChI is InChI=1S/C16H22FNO.C16H23NO.C15H22FN.C15H23N.C14H18F3N.C14H19F2N/c1-2-18-16(13-7-3-4-8-14(13)17)10-6-5-9-15(16)11-12-19-15;1-13-7-3-4-8-14(13)16(17-2)10-6-5-9-15(16)11-12-18-15;1-3-17-15(11-7-6-8-12(15)2)13-9-4-5-10-14(13)16;1-12-8-4-5-10-14(12)15(16-3)11-7-6-9-13(15)2;1-2-18-13(9-5-6-10-14(13,16)17)11-7-3-4-8-12(11)15;1-11-7-3-4-8-12(11)13(17-2)9-5-6-10-14(13,15)16/h3-4,7-8,18H,2,5-6,9-12H2,1H3;3-4,7-8,17H,5-6,9-12H2,1-2H3;4-5,9-10,12,17H,3,6-8,11H2,1-2H3;4-5,8,10,13,16H,6-7,9,11H2,1-3H3;3-4,7-8,18H,2,5-6,9-10H2,1H3;3-4,7-8,17H,5-6,9-10H2,1-2H3/t2*15?,16-;12?,15-;13?,15-;2*13-/m110011/s1. The number of ether oxygens (including phenoxy) is 2. The number of rotatable bonds is 15. The molecule has 2 saturated heterocycles. The number of aryl methyl sites for hydroxylation is 3. The van der Waals surface area contributed by atoms with Crippen LogP contribution < -0.4 is 31.9 Å². The van der Waals surface area contributed by atoms with Crippen molar-refractivity contribution in [1.82, 2.24) is 31.9 Å². The fourth-order valence-electron chi connectivity index (χ4n) is 20.4. The molecule has 2 aliphatic heterocycles. The fourth-order valence-corrected chi connectivity index (χ4v) is 20.4. The molecule has 2 heterocycles. The second-order valence-corrected chi connectivity index (χ2v) is 31.5. The van der Waals surface area contributed by atoms with Gasteiger partial charge in [-0.25, -0.2) is 30.7 Å². The summed E-state index contributed by atoms with van der Waals surface area (Å²) in [6.07, 6.45) is 24.8. The van der Waals surface area contributed by atoms with Gasteiger partial charge in [-0.2, -0.15) is 0 Å². The van der Waals surface area contributed by atoms with Crippen LogP contribution in [0, 0.1) is 50.1 Å². The van der Waals surface area contributed by atoms with Crippen LogP contribution in [0.3, 0.4) is 0 Å². The van der Waals surface area contributed by atoms with Gasteiger partial charge in [0.2, 0.25) is 0 Å². The van der Waals surface area contributed by atoms with Crippen LogP contribution in [0.2, 0.25) is 0 Å². The van der Waals surface area contributed by atoms with Crippen molar-refractivity contribution >= 4 is 0 Å². The van der Waals surface area contributed by atoms with Crippen LogP contribution >= 0.6 is 0 Å². The van der Waals surface area contributed by atoms with E-state index in [1.54, 1.807) is 44.3 Å². The van der Waals surface area contributed by atoms with E-state index in [1.807, 2.05) is 55.5 Å². The molecule has 15 heteroatoms. The van der Waals surface area contributed by atoms with Crippen LogP contribution in [0.15, 0.2) is 146 Å². The minimum absolute atomic E-state index is 0.0227. The summed E-state index contributed by atoms with van der Waals surface area (Å²) in [5, 5.41) is 20.2. The highest BCUT2D eigenvalue weighted by Crippen LogP contribution is 2.56. The van der Waals surface area contributed by atoms with E-state index >= 15 is 0 Å². The van der Waals surface area contributed by atoms with Crippen molar-refractivity contribution in [1.29, 1.82) is 0 Å². The maximum Gasteiger partial charge on any atom is 0.270 e. The van der Waals surface area contributed by atoms with Gasteiger partial charge < -0.3 is 41.4 Å². The second-order valence-electron chi connectivity index (χ2n) is 31.5. The molecule has 14 rings (SSSR count). The van der Waals surface area contributed by atoms with Crippen molar-refractivity contribution in [3.63, 3.8) is 0 Å². The third-order valence-corrected chi connectivity index (χ3v) is 26.1. The molecule has 6 aromatic carbocycles. The summed E-state index contributed by atoms with van der Waals surface area (Å²) in [4.78, 5) is 0. The Labute approximate surface area is 626 Å². The van der Waals surface area contributed by atoms with Crippen LogP contribution in [-0.2, 0) is 42.7 Å². The van der Waals surface area contributed by atoms with Crippen LogP contribution in [0.5, 0.6) is 0 Å². The van der Waals surface area contributed by atoms with Crippen molar-refractivity contribution in [2.24, 2.45) is 11.8 Å². The first-order valence-corrected chi connectivity index (χ1v) is 40.2. The van der Waals surface area contributed by atoms with E-state index in [-0.39, 0.29) is 69.8 Å². The average molecular weight is 1460 g/mol. The average Bonchev–Trinajstić information content (AvgIpc) is 0.726. The van der Waals surface area contributed by atoms with Crippen LogP contribution in [0.25, 0.3) is 0 Å². The van der Waals surface area contributed by atoms with Crippen LogP contribution in [0.1, 0.15) is 252 Å². The highest BCUT2D eigenvalue weighted by Gasteiger charge is 2.61. The quantitative estimate of drug-likeness (QED) is 0.0567. The Bertz CT molecular complexity index is 3620. The van der Waals surface area contributed by atoms with Crippen molar-refractivity contribution in [3.8, 4) is 0 Å². The molecule has 0 aromatic heterocycles. The van der Waals surface area contributed by atoms with Gasteiger partial charge in [-0.3, -0.25) is 0 Å². The highest BCUT2D eigenvalue weighted by molar-refractivity contribution is 5.40. The minimum atomic E-state index is -2.91. The van der Waals surface area contributed by atoms with Crippen molar-refractivity contribution in [2.75, 3.05) is 54.0 Å². The fraction of sp³-hybridized carbons (Fsp3) is 0.600. The normalized spacial score (nSPS) is 30.8. The Morgan fingerprint density at radius 1 is 0.324 bits per heavy atom. The number of hydrogen-bond donors (Lipinski definition) is 6. The van der Waals surface area contributed by atoms with Crippen LogP contribution in [-0.4, -0.2) is 77.0 Å². The smallest absolute Gasteiger partial charge is 0.270 e. The summed E-state index contributed by atoms with van der Waals surface area (Å²) in [6.45, 7) is 20.8. The van der Waals surface area contributed by atoms with Gasteiger partial charge in [0, 0.05) is 53.5 Å².